The fourth-order valence-corrected chi connectivity index (χ4v) is 1.60. The summed E-state index contributed by atoms with van der Waals surface area (Å²) in [5.41, 5.74) is 1.02. The van der Waals surface area contributed by atoms with Crippen LogP contribution in [0.4, 0.5) is 0 Å². The van der Waals surface area contributed by atoms with E-state index in [1.807, 2.05) is 44.2 Å². The zero-order valence-electron chi connectivity index (χ0n) is 11.4. The lowest BCUT2D eigenvalue weighted by Gasteiger charge is -2.15. The Labute approximate surface area is 109 Å². The van der Waals surface area contributed by atoms with E-state index in [0.29, 0.717) is 12.3 Å². The molecule has 0 saturated heterocycles. The number of hydrogen-bond acceptors (Lipinski definition) is 3. The van der Waals surface area contributed by atoms with Crippen LogP contribution in [-0.4, -0.2) is 5.97 Å². The van der Waals surface area contributed by atoms with Crippen molar-refractivity contribution >= 4 is 5.97 Å². The van der Waals surface area contributed by atoms with Crippen LogP contribution in [0.15, 0.2) is 30.3 Å². The molecule has 3 nitrogen and oxygen atoms in total. The molecule has 1 rings (SSSR count). The third kappa shape index (κ3) is 4.88. The van der Waals surface area contributed by atoms with Crippen molar-refractivity contribution in [2.75, 3.05) is 0 Å². The molecule has 0 N–H and O–H groups in total. The summed E-state index contributed by atoms with van der Waals surface area (Å²) in [5, 5.41) is 0. The Morgan fingerprint density at radius 1 is 1.17 bits per heavy atom. The lowest BCUT2D eigenvalue weighted by Crippen LogP contribution is -2.12. The van der Waals surface area contributed by atoms with E-state index in [-0.39, 0.29) is 12.1 Å². The van der Waals surface area contributed by atoms with Crippen LogP contribution in [0.5, 0.6) is 0 Å². The predicted octanol–water partition coefficient (Wildman–Crippen LogP) is 4.05. The van der Waals surface area contributed by atoms with Crippen molar-refractivity contribution in [2.24, 2.45) is 5.92 Å². The SMILES string of the molecule is CCC(C)CC(=O)OOC(CC)c1ccccc1. The van der Waals surface area contributed by atoms with Gasteiger partial charge in [-0.1, -0.05) is 57.5 Å². The van der Waals surface area contributed by atoms with Crippen molar-refractivity contribution in [1.29, 1.82) is 0 Å². The number of hydrogen-bond donors (Lipinski definition) is 0. The molecular weight excluding hydrogens is 228 g/mol. The number of carbonyl (C=O) groups excluding carboxylic acids is 1. The molecule has 2 unspecified atom stereocenters. The highest BCUT2D eigenvalue weighted by atomic mass is 17.2. The minimum atomic E-state index is -0.293. The summed E-state index contributed by atoms with van der Waals surface area (Å²) in [5.74, 6) is 0.0385. The fourth-order valence-electron chi connectivity index (χ4n) is 1.60. The zero-order valence-corrected chi connectivity index (χ0v) is 11.4. The van der Waals surface area contributed by atoms with Gasteiger partial charge in [-0.2, -0.15) is 4.89 Å². The first-order valence-corrected chi connectivity index (χ1v) is 6.58. The average Bonchev–Trinajstić information content (AvgIpc) is 2.40. The van der Waals surface area contributed by atoms with Crippen LogP contribution in [0.3, 0.4) is 0 Å². The first-order valence-electron chi connectivity index (χ1n) is 6.58. The van der Waals surface area contributed by atoms with E-state index < -0.39 is 0 Å². The molecule has 0 fully saturated rings. The second-order valence-electron chi connectivity index (χ2n) is 4.58. The Balaban J connectivity index is 2.43. The highest BCUT2D eigenvalue weighted by molar-refractivity contribution is 5.68. The monoisotopic (exact) mass is 250 g/mol. The quantitative estimate of drug-likeness (QED) is 0.541. The fraction of sp³-hybridized carbons (Fsp3) is 0.533. The molecule has 3 heteroatoms. The summed E-state index contributed by atoms with van der Waals surface area (Å²) in [6.45, 7) is 6.08. The van der Waals surface area contributed by atoms with E-state index in [4.69, 9.17) is 9.78 Å². The first kappa shape index (κ1) is 14.7. The second-order valence-corrected chi connectivity index (χ2v) is 4.58. The first-order chi connectivity index (χ1) is 8.67. The van der Waals surface area contributed by atoms with Crippen molar-refractivity contribution < 1.29 is 14.6 Å². The van der Waals surface area contributed by atoms with Gasteiger partial charge in [0.05, 0.1) is 6.42 Å². The minimum Gasteiger partial charge on any atom is -0.298 e. The highest BCUT2D eigenvalue weighted by Crippen LogP contribution is 2.21. The lowest BCUT2D eigenvalue weighted by atomic mass is 10.1. The number of rotatable bonds is 7. The Kier molecular flexibility index (Phi) is 6.44. The molecule has 0 aliphatic rings. The number of carbonyl (C=O) groups is 1. The van der Waals surface area contributed by atoms with E-state index in [1.165, 1.54) is 0 Å². The molecule has 0 bridgehead atoms. The Bertz CT molecular complexity index is 348. The predicted molar refractivity (Wildman–Crippen MR) is 70.7 cm³/mol. The average molecular weight is 250 g/mol. The van der Waals surface area contributed by atoms with Crippen molar-refractivity contribution in [2.45, 2.75) is 46.1 Å². The minimum absolute atomic E-state index is 0.188. The van der Waals surface area contributed by atoms with Crippen molar-refractivity contribution in [1.82, 2.24) is 0 Å². The maximum absolute atomic E-state index is 11.5. The molecule has 0 amide bonds. The summed E-state index contributed by atoms with van der Waals surface area (Å²) in [4.78, 5) is 21.6. The van der Waals surface area contributed by atoms with E-state index in [9.17, 15) is 4.79 Å². The van der Waals surface area contributed by atoms with Crippen molar-refractivity contribution in [3.8, 4) is 0 Å². The molecule has 0 radical (unpaired) electrons. The summed E-state index contributed by atoms with van der Waals surface area (Å²) in [7, 11) is 0. The topological polar surface area (TPSA) is 35.5 Å². The summed E-state index contributed by atoms with van der Waals surface area (Å²) >= 11 is 0. The van der Waals surface area contributed by atoms with E-state index >= 15 is 0 Å². The maximum atomic E-state index is 11.5. The molecule has 0 aliphatic heterocycles. The third-order valence-electron chi connectivity index (χ3n) is 3.01. The van der Waals surface area contributed by atoms with Crippen molar-refractivity contribution in [3.05, 3.63) is 35.9 Å². The van der Waals surface area contributed by atoms with E-state index in [0.717, 1.165) is 18.4 Å². The van der Waals surface area contributed by atoms with Crippen LogP contribution in [0.25, 0.3) is 0 Å². The Morgan fingerprint density at radius 2 is 1.83 bits per heavy atom. The van der Waals surface area contributed by atoms with Gasteiger partial charge >= 0.3 is 5.97 Å². The summed E-state index contributed by atoms with van der Waals surface area (Å²) in [6.07, 6.45) is 1.94. The molecule has 18 heavy (non-hydrogen) atoms. The Hall–Kier alpha value is -1.35. The molecule has 2 atom stereocenters. The largest absolute Gasteiger partial charge is 0.342 e. The Morgan fingerprint density at radius 3 is 2.39 bits per heavy atom. The maximum Gasteiger partial charge on any atom is 0.342 e. The molecular formula is C15H22O3. The van der Waals surface area contributed by atoms with Gasteiger partial charge in [-0.15, -0.1) is 0 Å². The zero-order chi connectivity index (χ0) is 13.4. The van der Waals surface area contributed by atoms with E-state index in [1.54, 1.807) is 0 Å². The normalized spacial score (nSPS) is 13.9. The van der Waals surface area contributed by atoms with Gasteiger partial charge in [-0.05, 0) is 17.9 Å². The van der Waals surface area contributed by atoms with Gasteiger partial charge in [-0.25, -0.2) is 4.79 Å². The smallest absolute Gasteiger partial charge is 0.298 e. The lowest BCUT2D eigenvalue weighted by molar-refractivity contribution is -0.301. The van der Waals surface area contributed by atoms with Crippen LogP contribution in [0, 0.1) is 5.92 Å². The van der Waals surface area contributed by atoms with Crippen LogP contribution in [-0.2, 0) is 14.6 Å². The molecule has 1 aromatic rings. The molecule has 0 saturated carbocycles. The van der Waals surface area contributed by atoms with Gasteiger partial charge in [-0.3, -0.25) is 4.89 Å². The van der Waals surface area contributed by atoms with Crippen molar-refractivity contribution in [3.63, 3.8) is 0 Å². The standard InChI is InChI=1S/C15H22O3/c1-4-12(3)11-15(16)18-17-14(5-2)13-9-7-6-8-10-13/h6-10,12,14H,4-5,11H2,1-3H3. The molecule has 0 aliphatic carbocycles. The van der Waals surface area contributed by atoms with Gasteiger partial charge in [0.2, 0.25) is 0 Å². The van der Waals surface area contributed by atoms with Crippen LogP contribution < -0.4 is 0 Å². The van der Waals surface area contributed by atoms with Gasteiger partial charge in [0.25, 0.3) is 0 Å². The van der Waals surface area contributed by atoms with Gasteiger partial charge < -0.3 is 0 Å². The second kappa shape index (κ2) is 7.88. The molecule has 1 aromatic carbocycles. The summed E-state index contributed by atoms with van der Waals surface area (Å²) in [6, 6.07) is 9.78. The third-order valence-corrected chi connectivity index (χ3v) is 3.01. The number of benzene rings is 1. The van der Waals surface area contributed by atoms with Gasteiger partial charge in [0.15, 0.2) is 0 Å². The van der Waals surface area contributed by atoms with Crippen LogP contribution in [0.1, 0.15) is 51.7 Å². The highest BCUT2D eigenvalue weighted by Gasteiger charge is 2.15. The molecule has 0 aromatic heterocycles. The van der Waals surface area contributed by atoms with E-state index in [2.05, 4.69) is 6.92 Å². The molecule has 0 spiro atoms. The molecule has 100 valence electrons. The van der Waals surface area contributed by atoms with Crippen LogP contribution >= 0.6 is 0 Å². The van der Waals surface area contributed by atoms with Crippen LogP contribution in [0.2, 0.25) is 0 Å². The molecule has 0 heterocycles. The van der Waals surface area contributed by atoms with Gasteiger partial charge in [0, 0.05) is 0 Å². The van der Waals surface area contributed by atoms with Gasteiger partial charge in [0.1, 0.15) is 6.10 Å². The summed E-state index contributed by atoms with van der Waals surface area (Å²) < 4.78 is 0.